The molecule has 0 radical (unpaired) electrons. The minimum Gasteiger partial charge on any atom is -0.369 e. The molecule has 3 aliphatic rings. The molecular formula is C12H22N2O3. The second kappa shape index (κ2) is 3.65. The van der Waals surface area contributed by atoms with Crippen LogP contribution in [0.1, 0.15) is 39.5 Å². The van der Waals surface area contributed by atoms with Crippen LogP contribution >= 0.6 is 0 Å². The molecule has 1 spiro atoms. The summed E-state index contributed by atoms with van der Waals surface area (Å²) in [6, 6.07) is -0.0974. The number of fused-ring (bicyclic) bond motifs is 1. The molecular weight excluding hydrogens is 220 g/mol. The van der Waals surface area contributed by atoms with Gasteiger partial charge in [0.15, 0.2) is 0 Å². The van der Waals surface area contributed by atoms with E-state index in [1.165, 1.54) is 0 Å². The van der Waals surface area contributed by atoms with E-state index in [1.54, 1.807) is 0 Å². The summed E-state index contributed by atoms with van der Waals surface area (Å²) in [6.45, 7) is 4.09. The molecule has 1 saturated heterocycles. The summed E-state index contributed by atoms with van der Waals surface area (Å²) in [6.07, 6.45) is 3.79. The van der Waals surface area contributed by atoms with Crippen molar-refractivity contribution in [2.75, 3.05) is 0 Å². The van der Waals surface area contributed by atoms with E-state index in [4.69, 9.17) is 25.9 Å². The second-order valence-corrected chi connectivity index (χ2v) is 6.10. The highest BCUT2D eigenvalue weighted by Gasteiger charge is 2.68. The van der Waals surface area contributed by atoms with Gasteiger partial charge < -0.3 is 15.2 Å². The van der Waals surface area contributed by atoms with Crippen LogP contribution in [0, 0.1) is 0 Å². The smallest absolute Gasteiger partial charge is 0.123 e. The van der Waals surface area contributed by atoms with E-state index in [0.717, 1.165) is 25.7 Å². The van der Waals surface area contributed by atoms with Gasteiger partial charge in [0.25, 0.3) is 0 Å². The maximum atomic E-state index is 6.16. The van der Waals surface area contributed by atoms with Crippen LogP contribution < -0.4 is 11.6 Å². The van der Waals surface area contributed by atoms with Gasteiger partial charge in [0, 0.05) is 12.5 Å². The molecule has 0 aromatic carbocycles. The molecule has 0 aromatic rings. The molecule has 3 fully saturated rings. The Morgan fingerprint density at radius 2 is 2.06 bits per heavy atom. The van der Waals surface area contributed by atoms with Gasteiger partial charge in [0.1, 0.15) is 17.8 Å². The lowest BCUT2D eigenvalue weighted by Gasteiger charge is -2.31. The summed E-state index contributed by atoms with van der Waals surface area (Å²) in [5.74, 6) is 5.36. The van der Waals surface area contributed by atoms with E-state index in [2.05, 4.69) is 0 Å². The topological polar surface area (TPSA) is 79.7 Å². The van der Waals surface area contributed by atoms with Crippen LogP contribution in [-0.2, 0) is 14.3 Å². The van der Waals surface area contributed by atoms with Crippen LogP contribution in [0.4, 0.5) is 0 Å². The first kappa shape index (κ1) is 11.9. The average Bonchev–Trinajstić information content (AvgIpc) is 2.81. The van der Waals surface area contributed by atoms with Gasteiger partial charge in [0.05, 0.1) is 11.7 Å². The number of hydrogen-bond donors (Lipinski definition) is 2. The van der Waals surface area contributed by atoms with Crippen molar-refractivity contribution in [3.8, 4) is 0 Å². The Morgan fingerprint density at radius 3 is 2.59 bits per heavy atom. The minimum absolute atomic E-state index is 0.0382. The molecule has 4 atom stereocenters. The van der Waals surface area contributed by atoms with Gasteiger partial charge in [-0.05, 0) is 33.1 Å². The molecule has 0 amide bonds. The molecule has 2 aliphatic carbocycles. The van der Waals surface area contributed by atoms with Crippen LogP contribution in [0.3, 0.4) is 0 Å². The summed E-state index contributed by atoms with van der Waals surface area (Å²) in [5.41, 5.74) is 5.84. The molecule has 17 heavy (non-hydrogen) atoms. The van der Waals surface area contributed by atoms with E-state index < -0.39 is 0 Å². The number of rotatable bonds is 3. The van der Waals surface area contributed by atoms with E-state index in [9.17, 15) is 0 Å². The zero-order valence-corrected chi connectivity index (χ0v) is 10.5. The number of nitrogens with two attached hydrogens (primary N) is 2. The van der Waals surface area contributed by atoms with Crippen LogP contribution in [-0.4, -0.2) is 35.6 Å². The Bertz CT molecular complexity index is 319. The minimum atomic E-state index is -0.284. The fraction of sp³-hybridized carbons (Fsp3) is 1.00. The predicted octanol–water partition coefficient (Wildman–Crippen LogP) is 0.462. The van der Waals surface area contributed by atoms with Gasteiger partial charge in [0.2, 0.25) is 0 Å². The van der Waals surface area contributed by atoms with E-state index >= 15 is 0 Å². The lowest BCUT2D eigenvalue weighted by molar-refractivity contribution is -0.136. The van der Waals surface area contributed by atoms with Crippen molar-refractivity contribution in [1.29, 1.82) is 0 Å². The lowest BCUT2D eigenvalue weighted by atomic mass is 9.93. The summed E-state index contributed by atoms with van der Waals surface area (Å²) >= 11 is 0. The maximum Gasteiger partial charge on any atom is 0.123 e. The SMILES string of the molecule is CC(C)O[C@]12C[C@@H](N)[C@@H](ON)C1OC1(CC1)C2. The van der Waals surface area contributed by atoms with Crippen LogP contribution in [0.2, 0.25) is 0 Å². The summed E-state index contributed by atoms with van der Waals surface area (Å²) < 4.78 is 12.3. The van der Waals surface area contributed by atoms with Crippen molar-refractivity contribution in [3.63, 3.8) is 0 Å². The second-order valence-electron chi connectivity index (χ2n) is 6.10. The quantitative estimate of drug-likeness (QED) is 0.703. The van der Waals surface area contributed by atoms with Crippen LogP contribution in [0.5, 0.6) is 0 Å². The van der Waals surface area contributed by atoms with E-state index in [0.29, 0.717) is 0 Å². The molecule has 1 unspecified atom stereocenters. The molecule has 98 valence electrons. The first-order valence-corrected chi connectivity index (χ1v) is 6.47. The predicted molar refractivity (Wildman–Crippen MR) is 62.1 cm³/mol. The molecule has 4 N–H and O–H groups in total. The van der Waals surface area contributed by atoms with Crippen molar-refractivity contribution in [3.05, 3.63) is 0 Å². The zero-order chi connectivity index (χ0) is 12.3. The highest BCUT2D eigenvalue weighted by molar-refractivity contribution is 5.19. The molecule has 1 aliphatic heterocycles. The molecule has 0 aromatic heterocycles. The Morgan fingerprint density at radius 1 is 1.35 bits per heavy atom. The van der Waals surface area contributed by atoms with Gasteiger partial charge in [-0.3, -0.25) is 4.84 Å². The average molecular weight is 242 g/mol. The van der Waals surface area contributed by atoms with Crippen molar-refractivity contribution < 1.29 is 14.3 Å². The maximum absolute atomic E-state index is 6.16. The van der Waals surface area contributed by atoms with Crippen molar-refractivity contribution in [2.24, 2.45) is 11.6 Å². The Balaban J connectivity index is 1.87. The molecule has 3 rings (SSSR count). The summed E-state index contributed by atoms with van der Waals surface area (Å²) in [4.78, 5) is 5.04. The molecule has 0 bridgehead atoms. The molecule has 1 heterocycles. The fourth-order valence-electron chi connectivity index (χ4n) is 3.59. The Kier molecular flexibility index (Phi) is 2.55. The van der Waals surface area contributed by atoms with Gasteiger partial charge >= 0.3 is 0 Å². The summed E-state index contributed by atoms with van der Waals surface area (Å²) in [5, 5.41) is 0. The van der Waals surface area contributed by atoms with E-state index in [-0.39, 0.29) is 35.6 Å². The standard InChI is InChI=1S/C12H22N2O3/c1-7(2)15-12-5-8(13)9(17-14)10(12)16-11(6-12)3-4-11/h7-10H,3-6,13-14H2,1-2H3/t8-,9-,10?,12+/m1/s1. The van der Waals surface area contributed by atoms with E-state index in [1.807, 2.05) is 13.8 Å². The largest absolute Gasteiger partial charge is 0.369 e. The first-order chi connectivity index (χ1) is 8.00. The third kappa shape index (κ3) is 1.72. The van der Waals surface area contributed by atoms with Crippen molar-refractivity contribution >= 4 is 0 Å². The Hall–Kier alpha value is -0.200. The Labute approximate surface area is 102 Å². The van der Waals surface area contributed by atoms with Gasteiger partial charge in [-0.2, -0.15) is 0 Å². The van der Waals surface area contributed by atoms with Gasteiger partial charge in [-0.25, -0.2) is 5.90 Å². The van der Waals surface area contributed by atoms with Crippen LogP contribution in [0.15, 0.2) is 0 Å². The van der Waals surface area contributed by atoms with Crippen LogP contribution in [0.25, 0.3) is 0 Å². The highest BCUT2D eigenvalue weighted by atomic mass is 16.7. The molecule has 5 heteroatoms. The first-order valence-electron chi connectivity index (χ1n) is 6.47. The lowest BCUT2D eigenvalue weighted by Crippen LogP contribution is -2.45. The number of ether oxygens (including phenoxy) is 2. The van der Waals surface area contributed by atoms with Gasteiger partial charge in [-0.15, -0.1) is 0 Å². The molecule has 5 nitrogen and oxygen atoms in total. The number of hydrogen-bond acceptors (Lipinski definition) is 5. The van der Waals surface area contributed by atoms with Gasteiger partial charge in [-0.1, -0.05) is 0 Å². The highest BCUT2D eigenvalue weighted by Crippen LogP contribution is 2.59. The third-order valence-electron chi connectivity index (χ3n) is 4.25. The monoisotopic (exact) mass is 242 g/mol. The fourth-order valence-corrected chi connectivity index (χ4v) is 3.59. The van der Waals surface area contributed by atoms with Crippen molar-refractivity contribution in [1.82, 2.24) is 0 Å². The normalized spacial score (nSPS) is 46.8. The van der Waals surface area contributed by atoms with Crippen molar-refractivity contribution in [2.45, 2.75) is 75.1 Å². The zero-order valence-electron chi connectivity index (χ0n) is 10.5. The third-order valence-corrected chi connectivity index (χ3v) is 4.25. The summed E-state index contributed by atoms with van der Waals surface area (Å²) in [7, 11) is 0. The molecule has 2 saturated carbocycles.